The highest BCUT2D eigenvalue weighted by atomic mass is 19.4. The van der Waals surface area contributed by atoms with Crippen LogP contribution < -0.4 is 5.73 Å². The molecule has 0 spiro atoms. The monoisotopic (exact) mass is 275 g/mol. The predicted molar refractivity (Wildman–Crippen MR) is 57.8 cm³/mol. The van der Waals surface area contributed by atoms with Crippen molar-refractivity contribution in [3.05, 3.63) is 29.7 Å². The van der Waals surface area contributed by atoms with Crippen LogP contribution in [-0.2, 0) is 18.3 Å². The number of rotatable bonds is 3. The fourth-order valence-corrected chi connectivity index (χ4v) is 1.32. The topological polar surface area (TPSA) is 82.8 Å². The minimum atomic E-state index is -4.42. The highest BCUT2D eigenvalue weighted by molar-refractivity contribution is 5.09. The van der Waals surface area contributed by atoms with E-state index in [1.54, 1.807) is 13.8 Å². The first kappa shape index (κ1) is 13.5. The van der Waals surface area contributed by atoms with E-state index in [1.807, 2.05) is 0 Å². The summed E-state index contributed by atoms with van der Waals surface area (Å²) < 4.78 is 43.1. The third-order valence-corrected chi connectivity index (χ3v) is 2.30. The molecule has 6 nitrogen and oxygen atoms in total. The number of alkyl halides is 3. The number of halogens is 3. The number of hydrogen-bond acceptors (Lipinski definition) is 5. The Bertz CT molecular complexity index is 516. The molecule has 2 aromatic rings. The van der Waals surface area contributed by atoms with Crippen LogP contribution in [0.25, 0.3) is 0 Å². The van der Waals surface area contributed by atoms with Gasteiger partial charge in [-0.25, -0.2) is 0 Å². The highest BCUT2D eigenvalue weighted by Crippen LogP contribution is 2.28. The molecule has 0 bridgehead atoms. The van der Waals surface area contributed by atoms with E-state index in [4.69, 9.17) is 10.3 Å². The summed E-state index contributed by atoms with van der Waals surface area (Å²) >= 11 is 0. The van der Waals surface area contributed by atoms with Crippen molar-refractivity contribution in [1.82, 2.24) is 19.9 Å². The molecule has 0 aliphatic heterocycles. The maximum Gasteiger partial charge on any atom is 0.419 e. The summed E-state index contributed by atoms with van der Waals surface area (Å²) in [5.41, 5.74) is 4.17. The van der Waals surface area contributed by atoms with Gasteiger partial charge < -0.3 is 10.3 Å². The average Bonchev–Trinajstić information content (AvgIpc) is 2.84. The molecule has 104 valence electrons. The van der Waals surface area contributed by atoms with Crippen molar-refractivity contribution in [3.8, 4) is 0 Å². The molecule has 0 radical (unpaired) electrons. The average molecular weight is 275 g/mol. The third kappa shape index (κ3) is 3.11. The lowest BCUT2D eigenvalue weighted by molar-refractivity contribution is -0.137. The smallest absolute Gasteiger partial charge is 0.337 e. The zero-order chi connectivity index (χ0) is 14.3. The minimum Gasteiger partial charge on any atom is -0.337 e. The van der Waals surface area contributed by atoms with Gasteiger partial charge in [0, 0.05) is 6.20 Å². The van der Waals surface area contributed by atoms with E-state index < -0.39 is 17.3 Å². The third-order valence-electron chi connectivity index (χ3n) is 2.30. The van der Waals surface area contributed by atoms with Crippen LogP contribution in [0.4, 0.5) is 13.2 Å². The van der Waals surface area contributed by atoms with E-state index in [2.05, 4.69) is 15.2 Å². The van der Waals surface area contributed by atoms with Gasteiger partial charge in [-0.2, -0.15) is 23.3 Å². The lowest BCUT2D eigenvalue weighted by Crippen LogP contribution is -2.30. The van der Waals surface area contributed by atoms with Gasteiger partial charge in [0.05, 0.1) is 17.3 Å². The molecule has 9 heteroatoms. The van der Waals surface area contributed by atoms with Gasteiger partial charge in [0.1, 0.15) is 6.54 Å². The summed E-state index contributed by atoms with van der Waals surface area (Å²) in [6.45, 7) is 3.34. The summed E-state index contributed by atoms with van der Waals surface area (Å²) in [6, 6.07) is 0. The number of nitrogens with zero attached hydrogens (tertiary/aromatic N) is 4. The molecule has 0 fully saturated rings. The molecule has 0 saturated carbocycles. The zero-order valence-electron chi connectivity index (χ0n) is 10.3. The molecule has 2 heterocycles. The Morgan fingerprint density at radius 3 is 2.53 bits per heavy atom. The number of nitrogens with two attached hydrogens (primary N) is 1. The van der Waals surface area contributed by atoms with Gasteiger partial charge in [0.2, 0.25) is 5.89 Å². The first-order valence-electron chi connectivity index (χ1n) is 5.38. The molecule has 2 aromatic heterocycles. The van der Waals surface area contributed by atoms with Gasteiger partial charge in [-0.1, -0.05) is 5.16 Å². The van der Waals surface area contributed by atoms with Gasteiger partial charge >= 0.3 is 6.18 Å². The largest absolute Gasteiger partial charge is 0.419 e. The predicted octanol–water partition coefficient (Wildman–Crippen LogP) is 1.53. The quantitative estimate of drug-likeness (QED) is 0.918. The molecule has 19 heavy (non-hydrogen) atoms. The molecule has 0 aromatic carbocycles. The molecule has 0 unspecified atom stereocenters. The second kappa shape index (κ2) is 4.34. The van der Waals surface area contributed by atoms with E-state index >= 15 is 0 Å². The summed E-state index contributed by atoms with van der Waals surface area (Å²) in [6.07, 6.45) is -2.81. The van der Waals surface area contributed by atoms with Crippen LogP contribution in [0.3, 0.4) is 0 Å². The summed E-state index contributed by atoms with van der Waals surface area (Å²) in [5.74, 6) is 0.427. The van der Waals surface area contributed by atoms with Crippen molar-refractivity contribution in [2.75, 3.05) is 0 Å². The lowest BCUT2D eigenvalue weighted by atomic mass is 10.1. The number of hydrogen-bond donors (Lipinski definition) is 1. The lowest BCUT2D eigenvalue weighted by Gasteiger charge is -2.11. The number of aromatic nitrogens is 4. The molecular formula is C10H12F3N5O. The van der Waals surface area contributed by atoms with Gasteiger partial charge in [-0.3, -0.25) is 4.68 Å². The molecule has 2 N–H and O–H groups in total. The fourth-order valence-electron chi connectivity index (χ4n) is 1.32. The Labute approximate surface area is 106 Å². The normalized spacial score (nSPS) is 12.9. The first-order valence-corrected chi connectivity index (χ1v) is 5.38. The Hall–Kier alpha value is -1.90. The van der Waals surface area contributed by atoms with Gasteiger partial charge in [0.25, 0.3) is 0 Å². The van der Waals surface area contributed by atoms with Crippen LogP contribution in [0, 0.1) is 0 Å². The second-order valence-corrected chi connectivity index (χ2v) is 4.66. The van der Waals surface area contributed by atoms with Crippen LogP contribution in [0.2, 0.25) is 0 Å². The first-order chi connectivity index (χ1) is 8.66. The molecule has 0 saturated heterocycles. The van der Waals surface area contributed by atoms with E-state index in [-0.39, 0.29) is 18.3 Å². The van der Waals surface area contributed by atoms with E-state index in [0.29, 0.717) is 0 Å². The van der Waals surface area contributed by atoms with Crippen molar-refractivity contribution in [2.24, 2.45) is 5.73 Å². The van der Waals surface area contributed by atoms with Crippen molar-refractivity contribution in [2.45, 2.75) is 32.1 Å². The zero-order valence-corrected chi connectivity index (χ0v) is 10.3. The Kier molecular flexibility index (Phi) is 3.09. The SMILES string of the molecule is CC(C)(N)c1noc(Cn2cc(C(F)(F)F)cn2)n1. The van der Waals surface area contributed by atoms with Crippen molar-refractivity contribution < 1.29 is 17.7 Å². The highest BCUT2D eigenvalue weighted by Gasteiger charge is 2.32. The second-order valence-electron chi connectivity index (χ2n) is 4.66. The van der Waals surface area contributed by atoms with Crippen molar-refractivity contribution >= 4 is 0 Å². The maximum absolute atomic E-state index is 12.4. The molecule has 0 aliphatic carbocycles. The van der Waals surface area contributed by atoms with Crippen LogP contribution in [0.1, 0.15) is 31.1 Å². The van der Waals surface area contributed by atoms with Crippen LogP contribution in [-0.4, -0.2) is 19.9 Å². The van der Waals surface area contributed by atoms with E-state index in [0.717, 1.165) is 17.1 Å². The molecule has 0 atom stereocenters. The van der Waals surface area contributed by atoms with Crippen molar-refractivity contribution in [3.63, 3.8) is 0 Å². The Morgan fingerprint density at radius 2 is 2.05 bits per heavy atom. The minimum absolute atomic E-state index is 0.0425. The van der Waals surface area contributed by atoms with E-state index in [9.17, 15) is 13.2 Å². The maximum atomic E-state index is 12.4. The van der Waals surface area contributed by atoms with Crippen LogP contribution in [0.5, 0.6) is 0 Å². The van der Waals surface area contributed by atoms with Gasteiger partial charge in [0.15, 0.2) is 5.82 Å². The van der Waals surface area contributed by atoms with Crippen LogP contribution >= 0.6 is 0 Å². The van der Waals surface area contributed by atoms with Crippen molar-refractivity contribution in [1.29, 1.82) is 0 Å². The molecule has 0 amide bonds. The fraction of sp³-hybridized carbons (Fsp3) is 0.500. The van der Waals surface area contributed by atoms with Crippen LogP contribution in [0.15, 0.2) is 16.9 Å². The molecule has 2 rings (SSSR count). The summed E-state index contributed by atoms with van der Waals surface area (Å²) in [5, 5.41) is 7.25. The summed E-state index contributed by atoms with van der Waals surface area (Å²) in [7, 11) is 0. The van der Waals surface area contributed by atoms with Gasteiger partial charge in [-0.05, 0) is 13.8 Å². The Morgan fingerprint density at radius 1 is 1.37 bits per heavy atom. The summed E-state index contributed by atoms with van der Waals surface area (Å²) in [4.78, 5) is 4.00. The molecular weight excluding hydrogens is 263 g/mol. The Balaban J connectivity index is 2.14. The van der Waals surface area contributed by atoms with Gasteiger partial charge in [-0.15, -0.1) is 0 Å². The van der Waals surface area contributed by atoms with E-state index in [1.165, 1.54) is 0 Å². The standard InChI is InChI=1S/C10H12F3N5O/c1-9(2,14)8-16-7(19-17-8)5-18-4-6(3-15-18)10(11,12)13/h3-4H,5,14H2,1-2H3. The molecule has 0 aliphatic rings.